The summed E-state index contributed by atoms with van der Waals surface area (Å²) < 4.78 is 42.0. The molecule has 4 nitrogen and oxygen atoms in total. The number of aromatic hydroxyl groups is 1. The van der Waals surface area contributed by atoms with Crippen LogP contribution in [0.1, 0.15) is 18.1 Å². The predicted molar refractivity (Wildman–Crippen MR) is 65.1 cm³/mol. The maximum Gasteiger partial charge on any atom is 0.446 e. The van der Waals surface area contributed by atoms with E-state index in [-0.39, 0.29) is 22.6 Å². The third-order valence-electron chi connectivity index (χ3n) is 2.17. The number of carbonyl (C=O) groups is 1. The molecular weight excluding hydrogens is 295 g/mol. The van der Waals surface area contributed by atoms with Crippen LogP contribution in [0.2, 0.25) is 0 Å². The summed E-state index contributed by atoms with van der Waals surface area (Å²) in [4.78, 5) is 11.0. The highest BCUT2D eigenvalue weighted by Gasteiger charge is 2.31. The highest BCUT2D eigenvalue weighted by Crippen LogP contribution is 2.40. The number of phenols is 1. The van der Waals surface area contributed by atoms with Crippen LogP contribution in [0.25, 0.3) is 0 Å². The molecule has 0 saturated heterocycles. The smallest absolute Gasteiger partial charge is 0.446 e. The van der Waals surface area contributed by atoms with E-state index in [1.807, 2.05) is 0 Å². The third-order valence-corrected chi connectivity index (χ3v) is 3.00. The van der Waals surface area contributed by atoms with E-state index < -0.39 is 35.4 Å². The molecule has 0 atom stereocenters. The van der Waals surface area contributed by atoms with Crippen molar-refractivity contribution in [3.8, 4) is 11.8 Å². The van der Waals surface area contributed by atoms with Crippen molar-refractivity contribution < 1.29 is 27.8 Å². The Labute approximate surface area is 117 Å². The van der Waals surface area contributed by atoms with Gasteiger partial charge < -0.3 is 9.84 Å². The van der Waals surface area contributed by atoms with E-state index in [0.717, 1.165) is 12.1 Å². The van der Waals surface area contributed by atoms with E-state index in [0.29, 0.717) is 0 Å². The molecule has 0 unspecified atom stereocenters. The highest BCUT2D eigenvalue weighted by atomic mass is 32.2. The van der Waals surface area contributed by atoms with E-state index >= 15 is 0 Å². The number of nitrogens with zero attached hydrogens (tertiary/aromatic N) is 1. The fraction of sp³-hybridized carbons (Fsp3) is 0.333. The molecule has 0 aromatic heterocycles. The molecule has 0 heterocycles. The van der Waals surface area contributed by atoms with E-state index in [2.05, 4.69) is 4.74 Å². The zero-order valence-electron chi connectivity index (χ0n) is 10.3. The first-order valence-corrected chi connectivity index (χ1v) is 6.25. The molecule has 1 aromatic rings. The number of esters is 1. The van der Waals surface area contributed by atoms with Crippen LogP contribution in [0.3, 0.4) is 0 Å². The third kappa shape index (κ3) is 4.66. The van der Waals surface area contributed by atoms with Crippen molar-refractivity contribution in [1.29, 1.82) is 5.26 Å². The Balaban J connectivity index is 3.16. The van der Waals surface area contributed by atoms with Gasteiger partial charge in [-0.05, 0) is 36.4 Å². The largest absolute Gasteiger partial charge is 0.507 e. The summed E-state index contributed by atoms with van der Waals surface area (Å²) >= 11 is -0.444. The number of benzene rings is 1. The molecule has 1 N–H and O–H groups in total. The second-order valence-electron chi connectivity index (χ2n) is 3.62. The van der Waals surface area contributed by atoms with Gasteiger partial charge in [-0.3, -0.25) is 4.79 Å². The standard InChI is InChI=1S/C12H10F3NO3S/c1-2-19-11(18)5-7-3-9(17)8(6-16)4-10(7)20-12(13,14)15/h3-4,17H,2,5H2,1H3. The number of phenolic OH excluding ortho intramolecular Hbond substituents is 1. The summed E-state index contributed by atoms with van der Waals surface area (Å²) in [7, 11) is 0. The van der Waals surface area contributed by atoms with Crippen LogP contribution in [0.5, 0.6) is 5.75 Å². The van der Waals surface area contributed by atoms with Crippen LogP contribution in [-0.2, 0) is 16.0 Å². The molecule has 0 aliphatic carbocycles. The molecule has 0 aliphatic heterocycles. The topological polar surface area (TPSA) is 70.3 Å². The zero-order valence-corrected chi connectivity index (χ0v) is 11.1. The van der Waals surface area contributed by atoms with Crippen LogP contribution in [0.15, 0.2) is 17.0 Å². The monoisotopic (exact) mass is 305 g/mol. The molecule has 0 spiro atoms. The van der Waals surface area contributed by atoms with Crippen molar-refractivity contribution in [3.63, 3.8) is 0 Å². The van der Waals surface area contributed by atoms with E-state index in [1.54, 1.807) is 13.0 Å². The van der Waals surface area contributed by atoms with E-state index in [9.17, 15) is 23.1 Å². The molecule has 0 radical (unpaired) electrons. The number of hydrogen-bond donors (Lipinski definition) is 1. The molecule has 0 amide bonds. The molecule has 0 fully saturated rings. The molecule has 108 valence electrons. The SMILES string of the molecule is CCOC(=O)Cc1cc(O)c(C#N)cc1SC(F)(F)F. The predicted octanol–water partition coefficient (Wildman–Crippen LogP) is 2.98. The van der Waals surface area contributed by atoms with E-state index in [1.165, 1.54) is 0 Å². The average molecular weight is 305 g/mol. The number of carbonyl (C=O) groups excluding carboxylic acids is 1. The van der Waals surface area contributed by atoms with Gasteiger partial charge in [0.05, 0.1) is 18.6 Å². The molecule has 0 saturated carbocycles. The fourth-order valence-corrected chi connectivity index (χ4v) is 2.11. The van der Waals surface area contributed by atoms with Gasteiger partial charge in [0.15, 0.2) is 0 Å². The minimum atomic E-state index is -4.56. The maximum absolute atomic E-state index is 12.4. The zero-order chi connectivity index (χ0) is 15.3. The lowest BCUT2D eigenvalue weighted by molar-refractivity contribution is -0.142. The molecule has 1 rings (SSSR count). The Hall–Kier alpha value is -1.88. The number of rotatable bonds is 4. The fourth-order valence-electron chi connectivity index (χ4n) is 1.43. The minimum absolute atomic E-state index is 0.0396. The molecule has 0 bridgehead atoms. The van der Waals surface area contributed by atoms with Crippen LogP contribution < -0.4 is 0 Å². The van der Waals surface area contributed by atoms with Crippen LogP contribution in [-0.4, -0.2) is 23.2 Å². The number of thioether (sulfide) groups is 1. The number of nitriles is 1. The van der Waals surface area contributed by atoms with Gasteiger partial charge in [-0.2, -0.15) is 18.4 Å². The lowest BCUT2D eigenvalue weighted by Gasteiger charge is -2.12. The van der Waals surface area contributed by atoms with Crippen LogP contribution >= 0.6 is 11.8 Å². The summed E-state index contributed by atoms with van der Waals surface area (Å²) in [5.41, 5.74) is -4.89. The lowest BCUT2D eigenvalue weighted by Crippen LogP contribution is -2.09. The molecular formula is C12H10F3NO3S. The van der Waals surface area contributed by atoms with Crippen molar-refractivity contribution in [2.24, 2.45) is 0 Å². The Morgan fingerprint density at radius 3 is 2.65 bits per heavy atom. The molecule has 20 heavy (non-hydrogen) atoms. The highest BCUT2D eigenvalue weighted by molar-refractivity contribution is 8.00. The second kappa shape index (κ2) is 6.52. The van der Waals surface area contributed by atoms with Crippen molar-refractivity contribution >= 4 is 17.7 Å². The lowest BCUT2D eigenvalue weighted by atomic mass is 10.1. The Kier molecular flexibility index (Phi) is 5.27. The summed E-state index contributed by atoms with van der Waals surface area (Å²) in [6.45, 7) is 1.67. The molecule has 1 aromatic carbocycles. The minimum Gasteiger partial charge on any atom is -0.507 e. The van der Waals surface area contributed by atoms with Gasteiger partial charge >= 0.3 is 11.5 Å². The Morgan fingerprint density at radius 1 is 1.50 bits per heavy atom. The van der Waals surface area contributed by atoms with Crippen LogP contribution in [0, 0.1) is 11.3 Å². The van der Waals surface area contributed by atoms with Gasteiger partial charge in [-0.1, -0.05) is 0 Å². The Morgan fingerprint density at radius 2 is 2.15 bits per heavy atom. The maximum atomic E-state index is 12.4. The van der Waals surface area contributed by atoms with Gasteiger partial charge in [0.25, 0.3) is 0 Å². The average Bonchev–Trinajstić information content (AvgIpc) is 2.31. The van der Waals surface area contributed by atoms with Gasteiger partial charge in [0, 0.05) is 4.90 Å². The summed E-state index contributed by atoms with van der Waals surface area (Å²) in [5, 5.41) is 18.2. The second-order valence-corrected chi connectivity index (χ2v) is 4.73. The first-order valence-electron chi connectivity index (χ1n) is 5.44. The van der Waals surface area contributed by atoms with E-state index in [4.69, 9.17) is 5.26 Å². The van der Waals surface area contributed by atoms with Gasteiger partial charge in [0.1, 0.15) is 11.8 Å². The Bertz CT molecular complexity index is 552. The number of halogens is 3. The molecule has 0 aliphatic rings. The normalized spacial score (nSPS) is 10.9. The molecule has 8 heteroatoms. The van der Waals surface area contributed by atoms with Crippen LogP contribution in [0.4, 0.5) is 13.2 Å². The quantitative estimate of drug-likeness (QED) is 0.684. The summed E-state index contributed by atoms with van der Waals surface area (Å²) in [6.07, 6.45) is -0.411. The number of alkyl halides is 3. The number of hydrogen-bond acceptors (Lipinski definition) is 5. The number of ether oxygens (including phenoxy) is 1. The van der Waals surface area contributed by atoms with Gasteiger partial charge in [-0.15, -0.1) is 0 Å². The summed E-state index contributed by atoms with van der Waals surface area (Å²) in [6, 6.07) is 3.46. The first-order chi connectivity index (χ1) is 9.26. The first kappa shape index (κ1) is 16.2. The van der Waals surface area contributed by atoms with Crippen molar-refractivity contribution in [3.05, 3.63) is 23.3 Å². The van der Waals surface area contributed by atoms with Crippen molar-refractivity contribution in [1.82, 2.24) is 0 Å². The van der Waals surface area contributed by atoms with Gasteiger partial charge in [0.2, 0.25) is 0 Å². The van der Waals surface area contributed by atoms with Crippen molar-refractivity contribution in [2.45, 2.75) is 23.7 Å². The summed E-state index contributed by atoms with van der Waals surface area (Å²) in [5.74, 6) is -1.18. The van der Waals surface area contributed by atoms with Crippen molar-refractivity contribution in [2.75, 3.05) is 6.61 Å². The van der Waals surface area contributed by atoms with Gasteiger partial charge in [-0.25, -0.2) is 0 Å².